The highest BCUT2D eigenvalue weighted by Crippen LogP contribution is 2.24. The Balaban J connectivity index is 2.05. The van der Waals surface area contributed by atoms with Crippen LogP contribution in [0.2, 0.25) is 0 Å². The molecule has 84 valence electrons. The van der Waals surface area contributed by atoms with Crippen LogP contribution in [0.1, 0.15) is 12.5 Å². The Morgan fingerprint density at radius 1 is 1.69 bits per heavy atom. The lowest BCUT2D eigenvalue weighted by Gasteiger charge is -2.13. The van der Waals surface area contributed by atoms with E-state index in [2.05, 4.69) is 23.6 Å². The zero-order chi connectivity index (χ0) is 11.5. The molecule has 0 saturated carbocycles. The van der Waals surface area contributed by atoms with Crippen LogP contribution in [-0.4, -0.2) is 19.0 Å². The van der Waals surface area contributed by atoms with Crippen LogP contribution < -0.4 is 10.6 Å². The van der Waals surface area contributed by atoms with Crippen LogP contribution >= 0.6 is 11.3 Å². The molecule has 0 spiro atoms. The van der Waals surface area contributed by atoms with Crippen molar-refractivity contribution in [1.82, 2.24) is 5.32 Å². The summed E-state index contributed by atoms with van der Waals surface area (Å²) in [6.07, 6.45) is 0. The predicted octanol–water partition coefficient (Wildman–Crippen LogP) is 1.41. The maximum atomic E-state index is 11.9. The van der Waals surface area contributed by atoms with E-state index in [9.17, 15) is 4.79 Å². The Hall–Kier alpha value is -1.38. The molecule has 0 radical (unpaired) electrons. The lowest BCUT2D eigenvalue weighted by Crippen LogP contribution is -2.27. The smallest absolute Gasteiger partial charge is 0.229 e. The molecular weight excluding hydrogens is 222 g/mol. The van der Waals surface area contributed by atoms with Crippen molar-refractivity contribution < 1.29 is 4.79 Å². The Morgan fingerprint density at radius 2 is 2.50 bits per heavy atom. The molecule has 1 aliphatic heterocycles. The van der Waals surface area contributed by atoms with Gasteiger partial charge in [0, 0.05) is 6.54 Å². The van der Waals surface area contributed by atoms with Crippen molar-refractivity contribution in [2.45, 2.75) is 6.92 Å². The average molecular weight is 235 g/mol. The summed E-state index contributed by atoms with van der Waals surface area (Å²) in [6, 6.07) is 3.78. The van der Waals surface area contributed by atoms with Gasteiger partial charge in [-0.3, -0.25) is 4.79 Å². The Kier molecular flexibility index (Phi) is 3.22. The number of carbonyl (C=O) groups is 1. The Labute approximate surface area is 98.3 Å². The minimum Gasteiger partial charge on any atom is -0.316 e. The third-order valence-electron chi connectivity index (χ3n) is 2.88. The van der Waals surface area contributed by atoms with Gasteiger partial charge in [-0.25, -0.2) is 0 Å². The first-order valence-corrected chi connectivity index (χ1v) is 6.09. The van der Waals surface area contributed by atoms with E-state index in [0.717, 1.165) is 13.1 Å². The van der Waals surface area contributed by atoms with Gasteiger partial charge in [-0.15, -0.1) is 11.3 Å². The molecule has 1 fully saturated rings. The van der Waals surface area contributed by atoms with Crippen LogP contribution in [0.5, 0.6) is 0 Å². The summed E-state index contributed by atoms with van der Waals surface area (Å²) in [4.78, 5) is 11.9. The van der Waals surface area contributed by atoms with Crippen molar-refractivity contribution in [2.24, 2.45) is 11.8 Å². The molecule has 16 heavy (non-hydrogen) atoms. The summed E-state index contributed by atoms with van der Waals surface area (Å²) in [6.45, 7) is 3.66. The average Bonchev–Trinajstić information content (AvgIpc) is 2.86. The fourth-order valence-electron chi connectivity index (χ4n) is 1.86. The first kappa shape index (κ1) is 11.1. The molecule has 0 unspecified atom stereocenters. The molecule has 1 aromatic heterocycles. The second-order valence-corrected chi connectivity index (χ2v) is 4.92. The molecule has 5 heteroatoms. The number of rotatable bonds is 2. The summed E-state index contributed by atoms with van der Waals surface area (Å²) in [5.74, 6) is 0.371. The molecule has 4 nitrogen and oxygen atoms in total. The van der Waals surface area contributed by atoms with Crippen molar-refractivity contribution in [1.29, 1.82) is 5.26 Å². The van der Waals surface area contributed by atoms with E-state index in [4.69, 9.17) is 5.26 Å². The van der Waals surface area contributed by atoms with E-state index in [1.54, 1.807) is 6.07 Å². The minimum atomic E-state index is 0.00800. The van der Waals surface area contributed by atoms with Gasteiger partial charge >= 0.3 is 0 Å². The summed E-state index contributed by atoms with van der Waals surface area (Å²) in [7, 11) is 0. The van der Waals surface area contributed by atoms with Gasteiger partial charge in [0.1, 0.15) is 11.1 Å². The molecule has 0 bridgehead atoms. The maximum absolute atomic E-state index is 11.9. The van der Waals surface area contributed by atoms with Crippen molar-refractivity contribution in [2.75, 3.05) is 18.4 Å². The molecule has 0 aromatic carbocycles. The molecule has 2 heterocycles. The first-order chi connectivity index (χ1) is 7.72. The summed E-state index contributed by atoms with van der Waals surface area (Å²) in [5, 5.41) is 17.3. The van der Waals surface area contributed by atoms with Crippen LogP contribution in [0, 0.1) is 23.2 Å². The van der Waals surface area contributed by atoms with Gasteiger partial charge in [-0.05, 0) is 23.9 Å². The zero-order valence-corrected chi connectivity index (χ0v) is 9.80. The number of hydrogen-bond donors (Lipinski definition) is 2. The first-order valence-electron chi connectivity index (χ1n) is 5.21. The van der Waals surface area contributed by atoms with Gasteiger partial charge < -0.3 is 10.6 Å². The molecule has 0 aliphatic carbocycles. The molecule has 1 aliphatic rings. The van der Waals surface area contributed by atoms with Crippen LogP contribution in [0.25, 0.3) is 0 Å². The van der Waals surface area contributed by atoms with Crippen LogP contribution in [0.15, 0.2) is 11.4 Å². The SMILES string of the molecule is C[C@@H]1CNC[C@H]1C(=O)Nc1sccc1C#N. The van der Waals surface area contributed by atoms with E-state index in [1.165, 1.54) is 11.3 Å². The monoisotopic (exact) mass is 235 g/mol. The number of carbonyl (C=O) groups excluding carboxylic acids is 1. The summed E-state index contributed by atoms with van der Waals surface area (Å²) < 4.78 is 0. The van der Waals surface area contributed by atoms with E-state index in [-0.39, 0.29) is 11.8 Å². The largest absolute Gasteiger partial charge is 0.316 e. The molecule has 2 rings (SSSR count). The molecule has 2 atom stereocenters. The highest BCUT2D eigenvalue weighted by molar-refractivity contribution is 7.14. The number of nitrogens with zero attached hydrogens (tertiary/aromatic N) is 1. The number of anilines is 1. The van der Waals surface area contributed by atoms with Crippen molar-refractivity contribution in [3.63, 3.8) is 0 Å². The molecule has 1 amide bonds. The highest BCUT2D eigenvalue weighted by Gasteiger charge is 2.29. The zero-order valence-electron chi connectivity index (χ0n) is 8.99. The van der Waals surface area contributed by atoms with Gasteiger partial charge in [0.25, 0.3) is 0 Å². The maximum Gasteiger partial charge on any atom is 0.229 e. The number of nitrogens with one attached hydrogen (secondary N) is 2. The fourth-order valence-corrected chi connectivity index (χ4v) is 2.60. The van der Waals surface area contributed by atoms with Gasteiger partial charge in [-0.1, -0.05) is 6.92 Å². The van der Waals surface area contributed by atoms with E-state index in [1.807, 2.05) is 5.38 Å². The third-order valence-corrected chi connectivity index (χ3v) is 3.71. The van der Waals surface area contributed by atoms with Crippen LogP contribution in [-0.2, 0) is 4.79 Å². The normalized spacial score (nSPS) is 24.0. The quantitative estimate of drug-likeness (QED) is 0.814. The lowest BCUT2D eigenvalue weighted by atomic mass is 9.97. The lowest BCUT2D eigenvalue weighted by molar-refractivity contribution is -0.120. The number of thiophene rings is 1. The van der Waals surface area contributed by atoms with Gasteiger partial charge in [0.05, 0.1) is 11.5 Å². The molecular formula is C11H13N3OS. The van der Waals surface area contributed by atoms with Gasteiger partial charge in [0.2, 0.25) is 5.91 Å². The molecule has 1 saturated heterocycles. The van der Waals surface area contributed by atoms with E-state index in [0.29, 0.717) is 16.5 Å². The van der Waals surface area contributed by atoms with E-state index < -0.39 is 0 Å². The van der Waals surface area contributed by atoms with Crippen molar-refractivity contribution in [3.05, 3.63) is 17.0 Å². The Morgan fingerprint density at radius 3 is 3.12 bits per heavy atom. The van der Waals surface area contributed by atoms with Crippen molar-refractivity contribution in [3.8, 4) is 6.07 Å². The Bertz CT molecular complexity index is 435. The number of nitriles is 1. The standard InChI is InChI=1S/C11H13N3OS/c1-7-5-13-6-9(7)10(15)14-11-8(4-12)2-3-16-11/h2-3,7,9,13H,5-6H2,1H3,(H,14,15)/t7-,9-/m1/s1. The van der Waals surface area contributed by atoms with Gasteiger partial charge in [-0.2, -0.15) is 5.26 Å². The predicted molar refractivity (Wildman–Crippen MR) is 63.2 cm³/mol. The summed E-state index contributed by atoms with van der Waals surface area (Å²) in [5.41, 5.74) is 0.539. The second-order valence-electron chi connectivity index (χ2n) is 4.01. The topological polar surface area (TPSA) is 64.9 Å². The van der Waals surface area contributed by atoms with E-state index >= 15 is 0 Å². The highest BCUT2D eigenvalue weighted by atomic mass is 32.1. The second kappa shape index (κ2) is 4.64. The van der Waals surface area contributed by atoms with Gasteiger partial charge in [0.15, 0.2) is 0 Å². The summed E-state index contributed by atoms with van der Waals surface area (Å²) >= 11 is 1.39. The van der Waals surface area contributed by atoms with Crippen LogP contribution in [0.4, 0.5) is 5.00 Å². The number of amides is 1. The molecule has 2 N–H and O–H groups in total. The minimum absolute atomic E-state index is 0.00800. The van der Waals surface area contributed by atoms with Crippen LogP contribution in [0.3, 0.4) is 0 Å². The number of hydrogen-bond acceptors (Lipinski definition) is 4. The fraction of sp³-hybridized carbons (Fsp3) is 0.455. The third kappa shape index (κ3) is 2.08. The molecule has 1 aromatic rings. The van der Waals surface area contributed by atoms with Crippen molar-refractivity contribution >= 4 is 22.2 Å².